The number of aliphatic hydroxyl groups excluding tert-OH is 1. The molecular weight excluding hydrogens is 202 g/mol. The maximum Gasteiger partial charge on any atom is 0.126 e. The zero-order valence-electron chi connectivity index (χ0n) is 10.3. The third kappa shape index (κ3) is 3.83. The Morgan fingerprint density at radius 3 is 2.81 bits per heavy atom. The Morgan fingerprint density at radius 1 is 1.44 bits per heavy atom. The van der Waals surface area contributed by atoms with Crippen LogP contribution in [0.25, 0.3) is 0 Å². The van der Waals surface area contributed by atoms with Gasteiger partial charge in [0, 0.05) is 18.7 Å². The smallest absolute Gasteiger partial charge is 0.126 e. The summed E-state index contributed by atoms with van der Waals surface area (Å²) in [5.41, 5.74) is 2.29. The van der Waals surface area contributed by atoms with Crippen molar-refractivity contribution in [1.29, 1.82) is 0 Å². The van der Waals surface area contributed by atoms with Crippen LogP contribution in [0.15, 0.2) is 18.2 Å². The molecule has 16 heavy (non-hydrogen) atoms. The molecule has 0 aliphatic carbocycles. The number of benzene rings is 1. The molecule has 1 unspecified atom stereocenters. The summed E-state index contributed by atoms with van der Waals surface area (Å²) in [6.07, 6.45) is -0.319. The van der Waals surface area contributed by atoms with Crippen LogP contribution in [-0.2, 0) is 6.54 Å². The molecule has 0 spiro atoms. The van der Waals surface area contributed by atoms with Gasteiger partial charge in [0.2, 0.25) is 0 Å². The first-order chi connectivity index (χ1) is 7.65. The molecule has 1 aromatic carbocycles. The largest absolute Gasteiger partial charge is 0.493 e. The summed E-state index contributed by atoms with van der Waals surface area (Å²) in [6.45, 7) is 7.80. The van der Waals surface area contributed by atoms with Gasteiger partial charge in [-0.15, -0.1) is 0 Å². The van der Waals surface area contributed by atoms with Crippen LogP contribution in [0.1, 0.15) is 25.0 Å². The van der Waals surface area contributed by atoms with Crippen LogP contribution in [0.3, 0.4) is 0 Å². The van der Waals surface area contributed by atoms with Gasteiger partial charge < -0.3 is 15.2 Å². The van der Waals surface area contributed by atoms with Gasteiger partial charge >= 0.3 is 0 Å². The molecule has 0 radical (unpaired) electrons. The van der Waals surface area contributed by atoms with Gasteiger partial charge in [0.1, 0.15) is 5.75 Å². The van der Waals surface area contributed by atoms with Gasteiger partial charge in [-0.25, -0.2) is 0 Å². The van der Waals surface area contributed by atoms with Crippen LogP contribution in [0, 0.1) is 6.92 Å². The second-order valence-corrected chi connectivity index (χ2v) is 3.98. The van der Waals surface area contributed by atoms with Crippen LogP contribution >= 0.6 is 0 Å². The van der Waals surface area contributed by atoms with Gasteiger partial charge in [0.15, 0.2) is 0 Å². The zero-order valence-corrected chi connectivity index (χ0v) is 10.3. The van der Waals surface area contributed by atoms with Crippen LogP contribution in [0.5, 0.6) is 5.75 Å². The Labute approximate surface area is 97.4 Å². The molecule has 0 aliphatic rings. The van der Waals surface area contributed by atoms with E-state index in [1.165, 1.54) is 0 Å². The van der Waals surface area contributed by atoms with Crippen molar-refractivity contribution in [3.63, 3.8) is 0 Å². The van der Waals surface area contributed by atoms with Gasteiger partial charge in [0.05, 0.1) is 12.7 Å². The molecule has 0 heterocycles. The van der Waals surface area contributed by atoms with Crippen LogP contribution in [-0.4, -0.2) is 24.4 Å². The molecule has 0 saturated heterocycles. The Bertz CT molecular complexity index is 324. The van der Waals surface area contributed by atoms with Crippen LogP contribution in [0.4, 0.5) is 0 Å². The lowest BCUT2D eigenvalue weighted by molar-refractivity contribution is 0.190. The number of rotatable bonds is 6. The highest BCUT2D eigenvalue weighted by Crippen LogP contribution is 2.23. The molecule has 90 valence electrons. The average Bonchev–Trinajstić information content (AvgIpc) is 2.22. The van der Waals surface area contributed by atoms with E-state index in [1.54, 1.807) is 6.92 Å². The SMILES string of the molecule is CCOc1c(C)cccc1CNCC(C)O. The number of para-hydroxylation sites is 1. The third-order valence-electron chi connectivity index (χ3n) is 2.34. The fourth-order valence-electron chi connectivity index (χ4n) is 1.62. The minimum absolute atomic E-state index is 0.319. The molecule has 0 amide bonds. The van der Waals surface area contributed by atoms with E-state index in [0.29, 0.717) is 13.2 Å². The minimum atomic E-state index is -0.319. The number of aliphatic hydroxyl groups is 1. The second kappa shape index (κ2) is 6.51. The van der Waals surface area contributed by atoms with Gasteiger partial charge in [-0.05, 0) is 26.3 Å². The molecule has 1 atom stereocenters. The fraction of sp³-hybridized carbons (Fsp3) is 0.538. The van der Waals surface area contributed by atoms with Gasteiger partial charge in [-0.3, -0.25) is 0 Å². The Hall–Kier alpha value is -1.06. The van der Waals surface area contributed by atoms with E-state index in [0.717, 1.165) is 23.4 Å². The Kier molecular flexibility index (Phi) is 5.29. The predicted molar refractivity (Wildman–Crippen MR) is 65.7 cm³/mol. The zero-order chi connectivity index (χ0) is 12.0. The maximum atomic E-state index is 9.16. The fourth-order valence-corrected chi connectivity index (χ4v) is 1.62. The van der Waals surface area contributed by atoms with Gasteiger partial charge in [-0.2, -0.15) is 0 Å². The van der Waals surface area contributed by atoms with E-state index >= 15 is 0 Å². The van der Waals surface area contributed by atoms with Crippen LogP contribution in [0.2, 0.25) is 0 Å². The van der Waals surface area contributed by atoms with Crippen molar-refractivity contribution < 1.29 is 9.84 Å². The van der Waals surface area contributed by atoms with Crippen molar-refractivity contribution in [3.8, 4) is 5.75 Å². The van der Waals surface area contributed by atoms with Crippen LogP contribution < -0.4 is 10.1 Å². The lowest BCUT2D eigenvalue weighted by atomic mass is 10.1. The van der Waals surface area contributed by atoms with E-state index in [-0.39, 0.29) is 6.10 Å². The van der Waals surface area contributed by atoms with Gasteiger partial charge in [0.25, 0.3) is 0 Å². The van der Waals surface area contributed by atoms with Crippen molar-refractivity contribution >= 4 is 0 Å². The summed E-state index contributed by atoms with van der Waals surface area (Å²) >= 11 is 0. The molecule has 0 fully saturated rings. The van der Waals surface area contributed by atoms with Crippen molar-refractivity contribution in [2.24, 2.45) is 0 Å². The Balaban J connectivity index is 2.66. The lowest BCUT2D eigenvalue weighted by Crippen LogP contribution is -2.24. The van der Waals surface area contributed by atoms with Crippen molar-refractivity contribution in [3.05, 3.63) is 29.3 Å². The molecule has 0 saturated carbocycles. The quantitative estimate of drug-likeness (QED) is 0.773. The molecule has 3 nitrogen and oxygen atoms in total. The number of hydrogen-bond donors (Lipinski definition) is 2. The van der Waals surface area contributed by atoms with Crippen molar-refractivity contribution in [2.75, 3.05) is 13.2 Å². The topological polar surface area (TPSA) is 41.5 Å². The Morgan fingerprint density at radius 2 is 2.19 bits per heavy atom. The van der Waals surface area contributed by atoms with Crippen molar-refractivity contribution in [2.45, 2.75) is 33.4 Å². The summed E-state index contributed by atoms with van der Waals surface area (Å²) in [5.74, 6) is 0.961. The average molecular weight is 223 g/mol. The highest BCUT2D eigenvalue weighted by atomic mass is 16.5. The molecule has 2 N–H and O–H groups in total. The number of aryl methyl sites for hydroxylation is 1. The molecular formula is C13H21NO2. The number of ether oxygens (including phenoxy) is 1. The first-order valence-electron chi connectivity index (χ1n) is 5.75. The monoisotopic (exact) mass is 223 g/mol. The summed E-state index contributed by atoms with van der Waals surface area (Å²) in [4.78, 5) is 0. The lowest BCUT2D eigenvalue weighted by Gasteiger charge is -2.14. The summed E-state index contributed by atoms with van der Waals surface area (Å²) < 4.78 is 5.62. The molecule has 0 bridgehead atoms. The minimum Gasteiger partial charge on any atom is -0.493 e. The number of nitrogens with one attached hydrogen (secondary N) is 1. The first kappa shape index (κ1) is 13.0. The summed E-state index contributed by atoms with van der Waals surface area (Å²) in [5, 5.41) is 12.4. The standard InChI is InChI=1S/C13H21NO2/c1-4-16-13-10(2)6-5-7-12(13)9-14-8-11(3)15/h5-7,11,14-15H,4,8-9H2,1-3H3. The molecule has 0 aromatic heterocycles. The first-order valence-corrected chi connectivity index (χ1v) is 5.75. The predicted octanol–water partition coefficient (Wildman–Crippen LogP) is 1.86. The van der Waals surface area contributed by atoms with Gasteiger partial charge in [-0.1, -0.05) is 18.2 Å². The molecule has 1 rings (SSSR count). The maximum absolute atomic E-state index is 9.16. The molecule has 0 aliphatic heterocycles. The van der Waals surface area contributed by atoms with E-state index < -0.39 is 0 Å². The highest BCUT2D eigenvalue weighted by Gasteiger charge is 2.06. The molecule has 3 heteroatoms. The normalized spacial score (nSPS) is 12.5. The van der Waals surface area contributed by atoms with E-state index in [1.807, 2.05) is 32.0 Å². The summed E-state index contributed by atoms with van der Waals surface area (Å²) in [6, 6.07) is 6.12. The summed E-state index contributed by atoms with van der Waals surface area (Å²) in [7, 11) is 0. The highest BCUT2D eigenvalue weighted by molar-refractivity contribution is 5.40. The van der Waals surface area contributed by atoms with E-state index in [2.05, 4.69) is 5.32 Å². The van der Waals surface area contributed by atoms with E-state index in [4.69, 9.17) is 9.84 Å². The third-order valence-corrected chi connectivity index (χ3v) is 2.34. The van der Waals surface area contributed by atoms with Crippen molar-refractivity contribution in [1.82, 2.24) is 5.32 Å². The molecule has 1 aromatic rings. The number of hydrogen-bond acceptors (Lipinski definition) is 3. The second-order valence-electron chi connectivity index (χ2n) is 3.98. The van der Waals surface area contributed by atoms with E-state index in [9.17, 15) is 0 Å².